The summed E-state index contributed by atoms with van der Waals surface area (Å²) < 4.78 is 15.6. The van der Waals surface area contributed by atoms with Crippen molar-refractivity contribution in [3.8, 4) is 11.5 Å². The van der Waals surface area contributed by atoms with Crippen molar-refractivity contribution in [3.05, 3.63) is 39.6 Å². The molecule has 0 bridgehead atoms. The smallest absolute Gasteiger partial charge is 0.339 e. The van der Waals surface area contributed by atoms with Crippen molar-refractivity contribution in [2.45, 2.75) is 26.2 Å². The average molecular weight is 389 g/mol. The third-order valence-electron chi connectivity index (χ3n) is 4.64. The first kappa shape index (κ1) is 19.2. The summed E-state index contributed by atoms with van der Waals surface area (Å²) in [6.07, 6.45) is 2.96. The Labute approximate surface area is 162 Å². The van der Waals surface area contributed by atoms with E-state index in [0.717, 1.165) is 24.8 Å². The first-order valence-corrected chi connectivity index (χ1v) is 9.68. The number of hydrogen-bond donors (Lipinski definition) is 1. The summed E-state index contributed by atoms with van der Waals surface area (Å²) in [6, 6.07) is 5.07. The molecular weight excluding hydrogens is 366 g/mol. The number of thiophene rings is 1. The Morgan fingerprint density at radius 3 is 2.81 bits per heavy atom. The molecular formula is C20H23NO5S. The van der Waals surface area contributed by atoms with Gasteiger partial charge in [0, 0.05) is 16.3 Å². The molecule has 1 aliphatic carbocycles. The molecule has 0 spiro atoms. The lowest BCUT2D eigenvalue weighted by atomic mass is 9.88. The van der Waals surface area contributed by atoms with Gasteiger partial charge in [-0.15, -0.1) is 11.3 Å². The number of ether oxygens (including phenoxy) is 3. The Hall–Kier alpha value is -2.54. The second kappa shape index (κ2) is 8.43. The largest absolute Gasteiger partial charge is 0.497 e. The molecule has 1 amide bonds. The number of fused-ring (bicyclic) bond motifs is 1. The summed E-state index contributed by atoms with van der Waals surface area (Å²) in [6.45, 7) is 1.86. The van der Waals surface area contributed by atoms with Crippen LogP contribution in [0.2, 0.25) is 0 Å². The van der Waals surface area contributed by atoms with Crippen LogP contribution in [-0.4, -0.2) is 32.7 Å². The van der Waals surface area contributed by atoms with Crippen LogP contribution in [-0.2, 0) is 22.4 Å². The Morgan fingerprint density at radius 1 is 1.26 bits per heavy atom. The molecule has 0 aliphatic heterocycles. The van der Waals surface area contributed by atoms with E-state index in [4.69, 9.17) is 14.2 Å². The van der Waals surface area contributed by atoms with E-state index in [-0.39, 0.29) is 6.61 Å². The van der Waals surface area contributed by atoms with E-state index in [2.05, 4.69) is 12.2 Å². The van der Waals surface area contributed by atoms with Gasteiger partial charge in [0.2, 0.25) is 0 Å². The van der Waals surface area contributed by atoms with Crippen LogP contribution in [0.3, 0.4) is 0 Å². The van der Waals surface area contributed by atoms with Crippen molar-refractivity contribution in [3.63, 3.8) is 0 Å². The minimum atomic E-state index is -0.449. The van der Waals surface area contributed by atoms with E-state index in [1.54, 1.807) is 29.5 Å². The number of anilines is 1. The van der Waals surface area contributed by atoms with Crippen LogP contribution in [0, 0.1) is 5.92 Å². The quantitative estimate of drug-likeness (QED) is 0.763. The van der Waals surface area contributed by atoms with Crippen molar-refractivity contribution in [2.75, 3.05) is 26.1 Å². The van der Waals surface area contributed by atoms with Gasteiger partial charge in [0.05, 0.1) is 25.5 Å². The predicted molar refractivity (Wildman–Crippen MR) is 104 cm³/mol. The number of rotatable bonds is 6. The lowest BCUT2D eigenvalue weighted by Crippen LogP contribution is -2.22. The maximum atomic E-state index is 12.4. The topological polar surface area (TPSA) is 73.9 Å². The van der Waals surface area contributed by atoms with Gasteiger partial charge in [0.1, 0.15) is 11.5 Å². The minimum Gasteiger partial charge on any atom is -0.497 e. The molecule has 0 saturated heterocycles. The molecule has 3 rings (SSSR count). The van der Waals surface area contributed by atoms with E-state index in [1.165, 1.54) is 19.1 Å². The average Bonchev–Trinajstić information content (AvgIpc) is 3.09. The van der Waals surface area contributed by atoms with Crippen LogP contribution in [0.4, 0.5) is 5.69 Å². The van der Waals surface area contributed by atoms with Crippen LogP contribution in [0.1, 0.15) is 34.1 Å². The lowest BCUT2D eigenvalue weighted by Gasteiger charge is -2.18. The summed E-state index contributed by atoms with van der Waals surface area (Å²) in [5, 5.41) is 4.53. The molecule has 1 unspecified atom stereocenters. The molecule has 1 N–H and O–H groups in total. The monoisotopic (exact) mass is 389 g/mol. The van der Waals surface area contributed by atoms with Gasteiger partial charge >= 0.3 is 5.97 Å². The van der Waals surface area contributed by atoms with Gasteiger partial charge < -0.3 is 19.5 Å². The first-order valence-electron chi connectivity index (χ1n) is 8.80. The second-order valence-electron chi connectivity index (χ2n) is 6.59. The Balaban J connectivity index is 1.61. The summed E-state index contributed by atoms with van der Waals surface area (Å²) in [4.78, 5) is 25.9. The maximum absolute atomic E-state index is 12.4. The molecule has 144 valence electrons. The van der Waals surface area contributed by atoms with Crippen molar-refractivity contribution in [1.29, 1.82) is 0 Å². The van der Waals surface area contributed by atoms with E-state index in [9.17, 15) is 9.59 Å². The van der Waals surface area contributed by atoms with Gasteiger partial charge in [0.15, 0.2) is 6.61 Å². The molecule has 27 heavy (non-hydrogen) atoms. The van der Waals surface area contributed by atoms with Crippen LogP contribution < -0.4 is 14.8 Å². The molecule has 2 aromatic rings. The fraction of sp³-hybridized carbons (Fsp3) is 0.400. The van der Waals surface area contributed by atoms with Crippen molar-refractivity contribution in [2.24, 2.45) is 5.92 Å². The molecule has 1 aromatic carbocycles. The van der Waals surface area contributed by atoms with Crippen molar-refractivity contribution < 1.29 is 23.8 Å². The van der Waals surface area contributed by atoms with Crippen LogP contribution in [0.15, 0.2) is 23.6 Å². The molecule has 1 heterocycles. The molecule has 7 heteroatoms. The SMILES string of the molecule is COc1ccc(OC)c(NC(=O)COC(=O)c2csc3c2CCC(C)C3)c1. The highest BCUT2D eigenvalue weighted by Crippen LogP contribution is 2.33. The van der Waals surface area contributed by atoms with E-state index in [0.29, 0.717) is 28.7 Å². The highest BCUT2D eigenvalue weighted by molar-refractivity contribution is 7.10. The third-order valence-corrected chi connectivity index (χ3v) is 5.69. The Kier molecular flexibility index (Phi) is 6.01. The number of amides is 1. The molecule has 0 radical (unpaired) electrons. The second-order valence-corrected chi connectivity index (χ2v) is 7.55. The van der Waals surface area contributed by atoms with Gasteiger partial charge in [-0.3, -0.25) is 4.79 Å². The predicted octanol–water partition coefficient (Wildman–Crippen LogP) is 3.69. The van der Waals surface area contributed by atoms with Crippen LogP contribution in [0.5, 0.6) is 11.5 Å². The van der Waals surface area contributed by atoms with Gasteiger partial charge in [-0.25, -0.2) is 4.79 Å². The molecule has 6 nitrogen and oxygen atoms in total. The Bertz CT molecular complexity index is 845. The normalized spacial score (nSPS) is 15.6. The summed E-state index contributed by atoms with van der Waals surface area (Å²) in [7, 11) is 3.05. The van der Waals surface area contributed by atoms with E-state index < -0.39 is 11.9 Å². The van der Waals surface area contributed by atoms with Gasteiger partial charge in [0.25, 0.3) is 5.91 Å². The molecule has 0 fully saturated rings. The Morgan fingerprint density at radius 2 is 2.07 bits per heavy atom. The zero-order chi connectivity index (χ0) is 19.4. The standard InChI is InChI=1S/C20H23NO5S/c1-12-4-6-14-15(11-27-18(14)8-12)20(23)26-10-19(22)21-16-9-13(24-2)5-7-17(16)25-3/h5,7,9,11-12H,4,6,8,10H2,1-3H3,(H,21,22). The third kappa shape index (κ3) is 4.42. The number of hydrogen-bond acceptors (Lipinski definition) is 6. The van der Waals surface area contributed by atoms with E-state index >= 15 is 0 Å². The maximum Gasteiger partial charge on any atom is 0.339 e. The molecule has 1 aromatic heterocycles. The number of nitrogens with one attached hydrogen (secondary N) is 1. The fourth-order valence-corrected chi connectivity index (χ4v) is 4.39. The number of benzene rings is 1. The number of carbonyl (C=O) groups excluding carboxylic acids is 2. The van der Waals surface area contributed by atoms with Gasteiger partial charge in [-0.1, -0.05) is 6.92 Å². The zero-order valence-corrected chi connectivity index (χ0v) is 16.5. The zero-order valence-electron chi connectivity index (χ0n) is 15.7. The van der Waals surface area contributed by atoms with Crippen LogP contribution >= 0.6 is 11.3 Å². The first-order chi connectivity index (χ1) is 13.0. The molecule has 0 saturated carbocycles. The van der Waals surface area contributed by atoms with Gasteiger partial charge in [-0.05, 0) is 42.9 Å². The highest BCUT2D eigenvalue weighted by Gasteiger charge is 2.24. The summed E-state index contributed by atoms with van der Waals surface area (Å²) in [5.74, 6) is 0.838. The lowest BCUT2D eigenvalue weighted by molar-refractivity contribution is -0.119. The highest BCUT2D eigenvalue weighted by atomic mass is 32.1. The van der Waals surface area contributed by atoms with Crippen molar-refractivity contribution >= 4 is 28.9 Å². The van der Waals surface area contributed by atoms with Gasteiger partial charge in [-0.2, -0.15) is 0 Å². The summed E-state index contributed by atoms with van der Waals surface area (Å²) >= 11 is 1.60. The molecule has 1 atom stereocenters. The van der Waals surface area contributed by atoms with E-state index in [1.807, 2.05) is 5.38 Å². The fourth-order valence-electron chi connectivity index (χ4n) is 3.16. The number of carbonyl (C=O) groups is 2. The van der Waals surface area contributed by atoms with Crippen LogP contribution in [0.25, 0.3) is 0 Å². The summed E-state index contributed by atoms with van der Waals surface area (Å²) in [5.41, 5.74) is 2.13. The number of esters is 1. The minimum absolute atomic E-state index is 0.361. The molecule has 1 aliphatic rings. The number of methoxy groups -OCH3 is 2. The van der Waals surface area contributed by atoms with Crippen molar-refractivity contribution in [1.82, 2.24) is 0 Å².